The van der Waals surface area contributed by atoms with E-state index in [2.05, 4.69) is 35.9 Å². The summed E-state index contributed by atoms with van der Waals surface area (Å²) in [6.45, 7) is 7.05. The first kappa shape index (κ1) is 20.7. The predicted molar refractivity (Wildman–Crippen MR) is 114 cm³/mol. The van der Waals surface area contributed by atoms with Crippen molar-refractivity contribution >= 4 is 33.1 Å². The minimum Gasteiger partial charge on any atom is -0.444 e. The van der Waals surface area contributed by atoms with Crippen molar-refractivity contribution in [2.24, 2.45) is 5.92 Å². The molecular formula is C21H23BrFN5O2. The van der Waals surface area contributed by atoms with Gasteiger partial charge in [-0.3, -0.25) is 9.88 Å². The third-order valence-corrected chi connectivity index (χ3v) is 5.46. The summed E-state index contributed by atoms with van der Waals surface area (Å²) in [5.41, 5.74) is 2.09. The Morgan fingerprint density at radius 2 is 2.03 bits per heavy atom. The molecule has 4 rings (SSSR count). The molecule has 158 valence electrons. The molecule has 1 N–H and O–H groups in total. The van der Waals surface area contributed by atoms with Gasteiger partial charge in [0.15, 0.2) is 6.30 Å². The number of likely N-dealkylation sites (tertiary alicyclic amines) is 1. The third kappa shape index (κ3) is 4.03. The number of imidazole rings is 1. The molecule has 30 heavy (non-hydrogen) atoms. The molecule has 0 unspecified atom stereocenters. The summed E-state index contributed by atoms with van der Waals surface area (Å²) in [5, 5.41) is 0. The number of carbonyl (C=O) groups is 1. The standard InChI is InChI=1S/C21H23BrFN5O2/c1-11-7-17(28(18(11)23)20(29)30-21(2,3)4)19-25-10-16(27-19)15-9-24-14-8-12(22)5-6-13(14)26-15/h5-6,8-11,17-18H,7H2,1-4H3,(H,25,27)/t11-,17+,18+/m1/s1. The van der Waals surface area contributed by atoms with Gasteiger partial charge in [0.25, 0.3) is 0 Å². The second kappa shape index (κ2) is 7.61. The van der Waals surface area contributed by atoms with Gasteiger partial charge in [-0.15, -0.1) is 0 Å². The Kier molecular flexibility index (Phi) is 5.25. The first-order chi connectivity index (χ1) is 14.1. The number of fused-ring (bicyclic) bond motifs is 1. The number of halogens is 2. The number of nitrogens with one attached hydrogen (secondary N) is 1. The van der Waals surface area contributed by atoms with E-state index < -0.39 is 24.0 Å². The molecule has 3 heterocycles. The maximum absolute atomic E-state index is 14.8. The summed E-state index contributed by atoms with van der Waals surface area (Å²) >= 11 is 3.42. The van der Waals surface area contributed by atoms with Crippen LogP contribution in [0.25, 0.3) is 22.4 Å². The lowest BCUT2D eigenvalue weighted by Crippen LogP contribution is -2.40. The molecular weight excluding hydrogens is 453 g/mol. The number of ether oxygens (including phenoxy) is 1. The van der Waals surface area contributed by atoms with Gasteiger partial charge in [-0.25, -0.2) is 19.2 Å². The van der Waals surface area contributed by atoms with E-state index in [4.69, 9.17) is 4.74 Å². The Labute approximate surface area is 182 Å². The SMILES string of the molecule is C[C@@H]1C[C@@H](c2ncc(-c3cnc4cc(Br)ccc4n3)[nH]2)N(C(=O)OC(C)(C)C)[C@@H]1F. The van der Waals surface area contributed by atoms with E-state index in [9.17, 15) is 9.18 Å². The topological polar surface area (TPSA) is 84.0 Å². The van der Waals surface area contributed by atoms with Crippen LogP contribution in [0.4, 0.5) is 9.18 Å². The first-order valence-electron chi connectivity index (χ1n) is 9.75. The molecule has 1 saturated heterocycles. The highest BCUT2D eigenvalue weighted by Crippen LogP contribution is 2.40. The van der Waals surface area contributed by atoms with E-state index >= 15 is 0 Å². The van der Waals surface area contributed by atoms with Crippen molar-refractivity contribution in [2.75, 3.05) is 0 Å². The number of aromatic nitrogens is 4. The first-order valence-corrected chi connectivity index (χ1v) is 10.5. The molecule has 1 amide bonds. The number of alkyl halides is 1. The Hall–Kier alpha value is -2.55. The molecule has 0 aliphatic carbocycles. The summed E-state index contributed by atoms with van der Waals surface area (Å²) in [6, 6.07) is 5.14. The summed E-state index contributed by atoms with van der Waals surface area (Å²) in [7, 11) is 0. The zero-order valence-electron chi connectivity index (χ0n) is 17.2. The number of carbonyl (C=O) groups excluding carboxylic acids is 1. The molecule has 3 atom stereocenters. The van der Waals surface area contributed by atoms with E-state index in [1.807, 2.05) is 18.2 Å². The molecule has 0 saturated carbocycles. The highest BCUT2D eigenvalue weighted by Gasteiger charge is 2.45. The van der Waals surface area contributed by atoms with E-state index in [1.165, 1.54) is 0 Å². The number of hydrogen-bond acceptors (Lipinski definition) is 5. The molecule has 7 nitrogen and oxygen atoms in total. The van der Waals surface area contributed by atoms with Crippen LogP contribution in [-0.4, -0.2) is 42.8 Å². The van der Waals surface area contributed by atoms with Crippen molar-refractivity contribution < 1.29 is 13.9 Å². The molecule has 0 bridgehead atoms. The van der Waals surface area contributed by atoms with Crippen molar-refractivity contribution in [2.45, 2.75) is 52.1 Å². The quantitative estimate of drug-likeness (QED) is 0.501. The Bertz CT molecular complexity index is 1100. The van der Waals surface area contributed by atoms with Crippen LogP contribution < -0.4 is 0 Å². The van der Waals surface area contributed by atoms with E-state index in [1.54, 1.807) is 40.1 Å². The predicted octanol–water partition coefficient (Wildman–Crippen LogP) is 5.40. The fourth-order valence-corrected chi connectivity index (χ4v) is 3.91. The molecule has 0 spiro atoms. The summed E-state index contributed by atoms with van der Waals surface area (Å²) in [6.07, 6.45) is 1.63. The maximum Gasteiger partial charge on any atom is 0.413 e. The zero-order chi connectivity index (χ0) is 21.6. The monoisotopic (exact) mass is 475 g/mol. The lowest BCUT2D eigenvalue weighted by molar-refractivity contribution is -0.00673. The average molecular weight is 476 g/mol. The fourth-order valence-electron chi connectivity index (χ4n) is 3.56. The molecule has 1 aliphatic heterocycles. The number of amides is 1. The van der Waals surface area contributed by atoms with Crippen molar-refractivity contribution in [1.29, 1.82) is 0 Å². The van der Waals surface area contributed by atoms with Crippen LogP contribution in [0.3, 0.4) is 0 Å². The minimum atomic E-state index is -1.43. The van der Waals surface area contributed by atoms with Crippen LogP contribution in [0.1, 0.15) is 46.0 Å². The van der Waals surface area contributed by atoms with E-state index in [0.717, 1.165) is 20.4 Å². The largest absolute Gasteiger partial charge is 0.444 e. The van der Waals surface area contributed by atoms with Crippen LogP contribution in [0, 0.1) is 5.92 Å². The van der Waals surface area contributed by atoms with Crippen LogP contribution in [0.15, 0.2) is 35.1 Å². The van der Waals surface area contributed by atoms with Crippen molar-refractivity contribution in [3.63, 3.8) is 0 Å². The van der Waals surface area contributed by atoms with Crippen molar-refractivity contribution in [3.05, 3.63) is 40.9 Å². The molecule has 1 aromatic carbocycles. The van der Waals surface area contributed by atoms with Crippen molar-refractivity contribution in [3.8, 4) is 11.4 Å². The van der Waals surface area contributed by atoms with Gasteiger partial charge in [-0.1, -0.05) is 22.9 Å². The lowest BCUT2D eigenvalue weighted by Gasteiger charge is -2.29. The van der Waals surface area contributed by atoms with Gasteiger partial charge in [0.1, 0.15) is 17.1 Å². The summed E-state index contributed by atoms with van der Waals surface area (Å²) < 4.78 is 21.2. The Morgan fingerprint density at radius 1 is 1.27 bits per heavy atom. The summed E-state index contributed by atoms with van der Waals surface area (Å²) in [4.78, 5) is 30.5. The smallest absolute Gasteiger partial charge is 0.413 e. The van der Waals surface area contributed by atoms with Crippen molar-refractivity contribution in [1.82, 2.24) is 24.8 Å². The third-order valence-electron chi connectivity index (χ3n) is 4.96. The van der Waals surface area contributed by atoms with Gasteiger partial charge in [0, 0.05) is 10.4 Å². The van der Waals surface area contributed by atoms with Gasteiger partial charge >= 0.3 is 6.09 Å². The number of H-pyrrole nitrogens is 1. The Morgan fingerprint density at radius 3 is 2.77 bits per heavy atom. The maximum atomic E-state index is 14.8. The molecule has 3 aromatic rings. The molecule has 1 fully saturated rings. The van der Waals surface area contributed by atoms with Gasteiger partial charge in [-0.05, 0) is 45.4 Å². The molecule has 0 radical (unpaired) electrons. The fraction of sp³-hybridized carbons (Fsp3) is 0.429. The number of nitrogens with zero attached hydrogens (tertiary/aromatic N) is 4. The van der Waals surface area contributed by atoms with E-state index in [-0.39, 0.29) is 5.92 Å². The normalized spacial score (nSPS) is 21.9. The van der Waals surface area contributed by atoms with Crippen LogP contribution >= 0.6 is 15.9 Å². The number of benzene rings is 1. The number of hydrogen-bond donors (Lipinski definition) is 1. The Balaban J connectivity index is 1.63. The molecule has 9 heteroatoms. The van der Waals surface area contributed by atoms with Gasteiger partial charge in [0.2, 0.25) is 0 Å². The summed E-state index contributed by atoms with van der Waals surface area (Å²) in [5.74, 6) is 0.176. The molecule has 2 aromatic heterocycles. The lowest BCUT2D eigenvalue weighted by atomic mass is 10.1. The van der Waals surface area contributed by atoms with Crippen LogP contribution in [0.5, 0.6) is 0 Å². The number of rotatable bonds is 2. The van der Waals surface area contributed by atoms with E-state index in [0.29, 0.717) is 23.6 Å². The second-order valence-electron chi connectivity index (χ2n) is 8.56. The van der Waals surface area contributed by atoms with Crippen LogP contribution in [0.2, 0.25) is 0 Å². The highest BCUT2D eigenvalue weighted by atomic mass is 79.9. The minimum absolute atomic E-state index is 0.324. The van der Waals surface area contributed by atoms with Gasteiger partial charge < -0.3 is 9.72 Å². The second-order valence-corrected chi connectivity index (χ2v) is 9.48. The van der Waals surface area contributed by atoms with Crippen LogP contribution in [-0.2, 0) is 4.74 Å². The zero-order valence-corrected chi connectivity index (χ0v) is 18.8. The van der Waals surface area contributed by atoms with Gasteiger partial charge in [0.05, 0.1) is 35.2 Å². The number of aromatic amines is 1. The highest BCUT2D eigenvalue weighted by molar-refractivity contribution is 9.10. The van der Waals surface area contributed by atoms with Gasteiger partial charge in [-0.2, -0.15) is 0 Å². The molecule has 1 aliphatic rings. The average Bonchev–Trinajstić information content (AvgIpc) is 3.25.